The van der Waals surface area contributed by atoms with Crippen LogP contribution in [-0.2, 0) is 14.6 Å². The van der Waals surface area contributed by atoms with Crippen LogP contribution >= 0.6 is 0 Å². The van der Waals surface area contributed by atoms with Gasteiger partial charge < -0.3 is 4.74 Å². The molecule has 0 aromatic heterocycles. The van der Waals surface area contributed by atoms with E-state index in [2.05, 4.69) is 13.8 Å². The Bertz CT molecular complexity index is 533. The van der Waals surface area contributed by atoms with E-state index in [4.69, 9.17) is 4.74 Å². The molecule has 0 spiro atoms. The number of sulfone groups is 1. The van der Waals surface area contributed by atoms with Crippen molar-refractivity contribution in [3.8, 4) is 0 Å². The van der Waals surface area contributed by atoms with Gasteiger partial charge in [0.2, 0.25) is 0 Å². The maximum absolute atomic E-state index is 12.0. The Balaban J connectivity index is 2.10. The summed E-state index contributed by atoms with van der Waals surface area (Å²) in [6.07, 6.45) is 3.49. The van der Waals surface area contributed by atoms with Crippen molar-refractivity contribution in [2.75, 3.05) is 5.75 Å². The molecule has 0 bridgehead atoms. The first-order valence-corrected chi connectivity index (χ1v) is 9.11. The summed E-state index contributed by atoms with van der Waals surface area (Å²) in [7, 11) is -3.10. The van der Waals surface area contributed by atoms with Gasteiger partial charge in [0, 0.05) is 0 Å². The number of epoxide rings is 1. The summed E-state index contributed by atoms with van der Waals surface area (Å²) in [5.41, 5.74) is 1.21. The molecule has 0 radical (unpaired) electrons. The monoisotopic (exact) mass is 296 g/mol. The van der Waals surface area contributed by atoms with E-state index in [1.165, 1.54) is 5.56 Å². The van der Waals surface area contributed by atoms with Crippen molar-refractivity contribution >= 4 is 9.84 Å². The highest BCUT2D eigenvalue weighted by atomic mass is 32.2. The Labute approximate surface area is 122 Å². The average molecular weight is 296 g/mol. The Morgan fingerprint density at radius 1 is 1.20 bits per heavy atom. The molecule has 112 valence electrons. The van der Waals surface area contributed by atoms with Crippen LogP contribution in [0.2, 0.25) is 0 Å². The normalized spacial score (nSPS) is 23.6. The molecule has 1 fully saturated rings. The quantitative estimate of drug-likeness (QED) is 0.723. The summed E-state index contributed by atoms with van der Waals surface area (Å²) >= 11 is 0. The van der Waals surface area contributed by atoms with Gasteiger partial charge in [-0.15, -0.1) is 0 Å². The average Bonchev–Trinajstić information content (AvgIpc) is 3.12. The summed E-state index contributed by atoms with van der Waals surface area (Å²) in [6, 6.07) is 7.42. The summed E-state index contributed by atoms with van der Waals surface area (Å²) in [5, 5.41) is 0. The number of hydrogen-bond acceptors (Lipinski definition) is 3. The number of benzene rings is 1. The zero-order valence-corrected chi connectivity index (χ0v) is 13.3. The van der Waals surface area contributed by atoms with Gasteiger partial charge in [0.05, 0.1) is 22.9 Å². The second kappa shape index (κ2) is 6.27. The van der Waals surface area contributed by atoms with Crippen LogP contribution in [0.25, 0.3) is 0 Å². The molecule has 0 N–H and O–H groups in total. The van der Waals surface area contributed by atoms with Gasteiger partial charge in [-0.1, -0.05) is 26.0 Å². The maximum atomic E-state index is 12.0. The van der Waals surface area contributed by atoms with E-state index in [0.29, 0.717) is 29.4 Å². The largest absolute Gasteiger partial charge is 0.370 e. The smallest absolute Gasteiger partial charge is 0.178 e. The van der Waals surface area contributed by atoms with Crippen molar-refractivity contribution in [1.29, 1.82) is 0 Å². The molecule has 1 aliphatic heterocycles. The molecular weight excluding hydrogens is 272 g/mol. The molecule has 0 aliphatic carbocycles. The van der Waals surface area contributed by atoms with Crippen molar-refractivity contribution in [2.24, 2.45) is 0 Å². The first-order valence-electron chi connectivity index (χ1n) is 7.46. The van der Waals surface area contributed by atoms with Crippen LogP contribution in [0.1, 0.15) is 51.5 Å². The fourth-order valence-corrected chi connectivity index (χ4v) is 3.95. The highest BCUT2D eigenvalue weighted by molar-refractivity contribution is 7.91. The first-order chi connectivity index (χ1) is 9.47. The third-order valence-electron chi connectivity index (χ3n) is 4.03. The minimum atomic E-state index is -3.10. The number of ether oxygens (including phenoxy) is 1. The molecule has 1 saturated heterocycles. The molecule has 1 aromatic carbocycles. The van der Waals surface area contributed by atoms with Gasteiger partial charge in [0.15, 0.2) is 9.84 Å². The fourth-order valence-electron chi connectivity index (χ4n) is 2.63. The molecule has 3 unspecified atom stereocenters. The van der Waals surface area contributed by atoms with Crippen molar-refractivity contribution in [3.63, 3.8) is 0 Å². The number of hydrogen-bond donors (Lipinski definition) is 0. The lowest BCUT2D eigenvalue weighted by atomic mass is 9.91. The summed E-state index contributed by atoms with van der Waals surface area (Å²) < 4.78 is 29.5. The molecule has 3 atom stereocenters. The lowest BCUT2D eigenvalue weighted by molar-refractivity contribution is 0.357. The van der Waals surface area contributed by atoms with Crippen LogP contribution < -0.4 is 0 Å². The Morgan fingerprint density at radius 2 is 1.80 bits per heavy atom. The molecule has 3 nitrogen and oxygen atoms in total. The van der Waals surface area contributed by atoms with Crippen molar-refractivity contribution in [3.05, 3.63) is 29.8 Å². The second-order valence-electron chi connectivity index (χ2n) is 5.61. The van der Waals surface area contributed by atoms with Gasteiger partial charge in [0.1, 0.15) is 0 Å². The van der Waals surface area contributed by atoms with Crippen LogP contribution in [-0.4, -0.2) is 26.4 Å². The van der Waals surface area contributed by atoms with Crippen LogP contribution in [0.15, 0.2) is 29.2 Å². The Hall–Kier alpha value is -0.870. The summed E-state index contributed by atoms with van der Waals surface area (Å²) in [4.78, 5) is 0.439. The fraction of sp³-hybridized carbons (Fsp3) is 0.625. The van der Waals surface area contributed by atoms with Crippen LogP contribution in [0, 0.1) is 0 Å². The minimum Gasteiger partial charge on any atom is -0.370 e. The van der Waals surface area contributed by atoms with Gasteiger partial charge in [-0.25, -0.2) is 8.42 Å². The van der Waals surface area contributed by atoms with E-state index in [1.54, 1.807) is 12.1 Å². The third-order valence-corrected chi connectivity index (χ3v) is 5.97. The van der Waals surface area contributed by atoms with E-state index in [0.717, 1.165) is 12.8 Å². The minimum absolute atomic E-state index is 0.219. The van der Waals surface area contributed by atoms with Gasteiger partial charge >= 0.3 is 0 Å². The molecule has 1 heterocycles. The summed E-state index contributed by atoms with van der Waals surface area (Å²) in [5.74, 6) is 0.671. The van der Waals surface area contributed by atoms with Crippen LogP contribution in [0.4, 0.5) is 0 Å². The van der Waals surface area contributed by atoms with Gasteiger partial charge in [0.25, 0.3) is 0 Å². The number of rotatable bonds is 7. The lowest BCUT2D eigenvalue weighted by Crippen LogP contribution is -2.07. The lowest BCUT2D eigenvalue weighted by Gasteiger charge is -2.14. The van der Waals surface area contributed by atoms with E-state index in [-0.39, 0.29) is 5.75 Å². The van der Waals surface area contributed by atoms with E-state index >= 15 is 0 Å². The predicted molar refractivity (Wildman–Crippen MR) is 80.8 cm³/mol. The zero-order valence-electron chi connectivity index (χ0n) is 12.5. The highest BCUT2D eigenvalue weighted by Crippen LogP contribution is 2.34. The molecule has 1 aliphatic rings. The van der Waals surface area contributed by atoms with Crippen molar-refractivity contribution < 1.29 is 13.2 Å². The Morgan fingerprint density at radius 3 is 2.25 bits per heavy atom. The second-order valence-corrected chi connectivity index (χ2v) is 7.72. The van der Waals surface area contributed by atoms with E-state index in [1.807, 2.05) is 19.1 Å². The standard InChI is InChI=1S/C16H24O3S/c1-4-10-20(17,18)15-8-6-14(7-9-15)13(5-2)11-16-12(3)19-16/h6-9,12-13,16H,4-5,10-11H2,1-3H3. The first kappa shape index (κ1) is 15.5. The molecular formula is C16H24O3S. The SMILES string of the molecule is CCCS(=O)(=O)c1ccc(C(CC)CC2OC2C)cc1. The molecule has 0 saturated carbocycles. The zero-order chi connectivity index (χ0) is 14.8. The van der Waals surface area contributed by atoms with Crippen LogP contribution in [0.5, 0.6) is 0 Å². The van der Waals surface area contributed by atoms with Crippen molar-refractivity contribution in [1.82, 2.24) is 0 Å². The molecule has 1 aromatic rings. The molecule has 4 heteroatoms. The van der Waals surface area contributed by atoms with Gasteiger partial charge in [-0.3, -0.25) is 0 Å². The summed E-state index contributed by atoms with van der Waals surface area (Å²) in [6.45, 7) is 6.15. The Kier molecular flexibility index (Phi) is 4.86. The maximum Gasteiger partial charge on any atom is 0.178 e. The molecule has 2 rings (SSSR count). The molecule has 20 heavy (non-hydrogen) atoms. The predicted octanol–water partition coefficient (Wildman–Crippen LogP) is 3.54. The van der Waals surface area contributed by atoms with Gasteiger partial charge in [-0.2, -0.15) is 0 Å². The van der Waals surface area contributed by atoms with Gasteiger partial charge in [-0.05, 0) is 49.8 Å². The van der Waals surface area contributed by atoms with Crippen LogP contribution in [0.3, 0.4) is 0 Å². The van der Waals surface area contributed by atoms with Crippen molar-refractivity contribution in [2.45, 2.75) is 63.1 Å². The highest BCUT2D eigenvalue weighted by Gasteiger charge is 2.35. The molecule has 0 amide bonds. The van der Waals surface area contributed by atoms with E-state index in [9.17, 15) is 8.42 Å². The van der Waals surface area contributed by atoms with E-state index < -0.39 is 9.84 Å². The topological polar surface area (TPSA) is 46.7 Å². The third kappa shape index (κ3) is 3.61.